The van der Waals surface area contributed by atoms with E-state index < -0.39 is 5.97 Å². The molecule has 1 aliphatic rings. The first-order valence-electron chi connectivity index (χ1n) is 7.78. The number of benzene rings is 1. The molecule has 1 aromatic carbocycles. The van der Waals surface area contributed by atoms with E-state index in [0.29, 0.717) is 6.04 Å². The van der Waals surface area contributed by atoms with E-state index >= 15 is 0 Å². The van der Waals surface area contributed by atoms with Gasteiger partial charge in [0.2, 0.25) is 0 Å². The zero-order valence-electron chi connectivity index (χ0n) is 13.3. The minimum atomic E-state index is -0.924. The summed E-state index contributed by atoms with van der Waals surface area (Å²) in [5, 5.41) is 16.0. The normalized spacial score (nSPS) is 16.6. The van der Waals surface area contributed by atoms with Crippen molar-refractivity contribution in [2.75, 3.05) is 12.4 Å². The van der Waals surface area contributed by atoms with Crippen molar-refractivity contribution in [1.29, 1.82) is 0 Å². The maximum absolute atomic E-state index is 11.1. The lowest BCUT2D eigenvalue weighted by Gasteiger charge is -2.25. The number of aromatic nitrogens is 1. The number of carbonyl (C=O) groups is 1. The molecule has 1 saturated carbocycles. The Kier molecular flexibility index (Phi) is 4.05. The van der Waals surface area contributed by atoms with Crippen LogP contribution < -0.4 is 10.6 Å². The average Bonchev–Trinajstić information content (AvgIpc) is 3.36. The number of anilines is 1. The Morgan fingerprint density at radius 3 is 2.70 bits per heavy atom. The fourth-order valence-corrected chi connectivity index (χ4v) is 2.93. The molecule has 120 valence electrons. The highest BCUT2D eigenvalue weighted by Crippen LogP contribution is 2.39. The smallest absolute Gasteiger partial charge is 0.335 e. The highest BCUT2D eigenvalue weighted by molar-refractivity contribution is 5.89. The lowest BCUT2D eigenvalue weighted by Crippen LogP contribution is -2.42. The van der Waals surface area contributed by atoms with Crippen LogP contribution in [-0.4, -0.2) is 34.7 Å². The zero-order chi connectivity index (χ0) is 16.4. The van der Waals surface area contributed by atoms with E-state index in [-0.39, 0.29) is 11.1 Å². The molecule has 5 nitrogen and oxygen atoms in total. The number of hydrogen-bond donors (Lipinski definition) is 3. The highest BCUT2D eigenvalue weighted by Gasteiger charge is 2.46. The van der Waals surface area contributed by atoms with Gasteiger partial charge in [-0.15, -0.1) is 0 Å². The van der Waals surface area contributed by atoms with E-state index in [4.69, 9.17) is 5.11 Å². The van der Waals surface area contributed by atoms with Crippen molar-refractivity contribution < 1.29 is 9.90 Å². The molecule has 3 N–H and O–H groups in total. The first kappa shape index (κ1) is 15.5. The summed E-state index contributed by atoms with van der Waals surface area (Å²) in [4.78, 5) is 15.4. The third kappa shape index (κ3) is 3.19. The lowest BCUT2D eigenvalue weighted by atomic mass is 10.0. The molecule has 1 fully saturated rings. The number of aromatic carboxylic acids is 1. The van der Waals surface area contributed by atoms with E-state index in [2.05, 4.69) is 22.5 Å². The number of pyridine rings is 1. The number of carboxylic acid groups (broad SMARTS) is 1. The van der Waals surface area contributed by atoms with Crippen molar-refractivity contribution in [3.63, 3.8) is 0 Å². The van der Waals surface area contributed by atoms with Crippen molar-refractivity contribution in [2.45, 2.75) is 31.3 Å². The quantitative estimate of drug-likeness (QED) is 0.765. The minimum absolute atomic E-state index is 0.180. The van der Waals surface area contributed by atoms with Gasteiger partial charge >= 0.3 is 5.97 Å². The fraction of sp³-hybridized carbons (Fsp3) is 0.333. The number of nitrogens with one attached hydrogen (secondary N) is 2. The van der Waals surface area contributed by atoms with Gasteiger partial charge in [0.15, 0.2) is 0 Å². The van der Waals surface area contributed by atoms with Gasteiger partial charge in [-0.25, -0.2) is 4.79 Å². The van der Waals surface area contributed by atoms with Crippen LogP contribution >= 0.6 is 0 Å². The predicted octanol–water partition coefficient (Wildman–Crippen LogP) is 3.00. The Morgan fingerprint density at radius 2 is 2.04 bits per heavy atom. The third-order valence-electron chi connectivity index (χ3n) is 4.68. The molecule has 0 radical (unpaired) electrons. The Morgan fingerprint density at radius 1 is 1.26 bits per heavy atom. The van der Waals surface area contributed by atoms with E-state index in [1.807, 2.05) is 19.2 Å². The van der Waals surface area contributed by atoms with E-state index in [9.17, 15) is 4.79 Å². The lowest BCUT2D eigenvalue weighted by molar-refractivity contribution is 0.0697. The maximum Gasteiger partial charge on any atom is 0.335 e. The van der Waals surface area contributed by atoms with Gasteiger partial charge < -0.3 is 15.7 Å². The summed E-state index contributed by atoms with van der Waals surface area (Å²) in [5.74, 6) is -0.924. The van der Waals surface area contributed by atoms with Crippen LogP contribution in [0.15, 0.2) is 42.7 Å². The number of rotatable bonds is 6. The molecule has 23 heavy (non-hydrogen) atoms. The molecular weight excluding hydrogens is 290 g/mol. The predicted molar refractivity (Wildman–Crippen MR) is 90.7 cm³/mol. The second-order valence-electron chi connectivity index (χ2n) is 6.12. The van der Waals surface area contributed by atoms with Crippen LogP contribution in [-0.2, 0) is 0 Å². The summed E-state index contributed by atoms with van der Waals surface area (Å²) in [5.41, 5.74) is 3.15. The van der Waals surface area contributed by atoms with Gasteiger partial charge in [-0.05, 0) is 50.6 Å². The molecule has 0 spiro atoms. The first-order valence-corrected chi connectivity index (χ1v) is 7.78. The van der Waals surface area contributed by atoms with Gasteiger partial charge in [0, 0.05) is 29.5 Å². The van der Waals surface area contributed by atoms with E-state index in [1.54, 1.807) is 30.6 Å². The van der Waals surface area contributed by atoms with Crippen molar-refractivity contribution >= 4 is 11.7 Å². The monoisotopic (exact) mass is 311 g/mol. The number of nitrogens with zero attached hydrogens (tertiary/aromatic N) is 1. The summed E-state index contributed by atoms with van der Waals surface area (Å²) in [7, 11) is 2.00. The summed E-state index contributed by atoms with van der Waals surface area (Å²) in [6.07, 6.45) is 5.89. The first-order chi connectivity index (χ1) is 11.0. The summed E-state index contributed by atoms with van der Waals surface area (Å²) >= 11 is 0. The average molecular weight is 311 g/mol. The van der Waals surface area contributed by atoms with Crippen molar-refractivity contribution in [3.05, 3.63) is 48.3 Å². The standard InChI is InChI=1S/C18H21N3O2/c1-12(18(19-2)6-7-18)21-16-9-15(10-20-11-16)13-4-3-5-14(8-13)17(22)23/h3-5,8-12,19,21H,6-7H2,1-2H3,(H,22,23). The molecule has 5 heteroatoms. The van der Waals surface area contributed by atoms with Gasteiger partial charge in [0.1, 0.15) is 0 Å². The molecule has 1 heterocycles. The second kappa shape index (κ2) is 6.01. The van der Waals surface area contributed by atoms with E-state index in [1.165, 1.54) is 12.8 Å². The van der Waals surface area contributed by atoms with E-state index in [0.717, 1.165) is 16.8 Å². The van der Waals surface area contributed by atoms with Crippen molar-refractivity contribution in [3.8, 4) is 11.1 Å². The Bertz CT molecular complexity index is 726. The fourth-order valence-electron chi connectivity index (χ4n) is 2.93. The van der Waals surface area contributed by atoms with Crippen LogP contribution in [0.1, 0.15) is 30.1 Å². The largest absolute Gasteiger partial charge is 0.478 e. The number of likely N-dealkylation sites (N-methyl/N-ethyl adjacent to an activating group) is 1. The third-order valence-corrected chi connectivity index (χ3v) is 4.68. The highest BCUT2D eigenvalue weighted by atomic mass is 16.4. The summed E-state index contributed by atoms with van der Waals surface area (Å²) in [6.45, 7) is 2.17. The Balaban J connectivity index is 1.82. The number of carboxylic acids is 1. The number of hydrogen-bond acceptors (Lipinski definition) is 4. The molecule has 1 aromatic heterocycles. The van der Waals surface area contributed by atoms with Crippen LogP contribution in [0.25, 0.3) is 11.1 Å². The minimum Gasteiger partial charge on any atom is -0.478 e. The SMILES string of the molecule is CNC1(C(C)Nc2cncc(-c3cccc(C(=O)O)c3)c2)CC1. The van der Waals surface area contributed by atoms with Crippen LogP contribution in [0.2, 0.25) is 0 Å². The van der Waals surface area contributed by atoms with Crippen molar-refractivity contribution in [2.24, 2.45) is 0 Å². The molecule has 1 aliphatic carbocycles. The van der Waals surface area contributed by atoms with Gasteiger partial charge in [-0.3, -0.25) is 4.98 Å². The van der Waals surface area contributed by atoms with Crippen LogP contribution in [0.4, 0.5) is 5.69 Å². The molecule has 0 bridgehead atoms. The summed E-state index contributed by atoms with van der Waals surface area (Å²) < 4.78 is 0. The van der Waals surface area contributed by atoms with Gasteiger partial charge in [-0.2, -0.15) is 0 Å². The zero-order valence-corrected chi connectivity index (χ0v) is 13.3. The molecule has 0 aliphatic heterocycles. The topological polar surface area (TPSA) is 74.2 Å². The molecule has 3 rings (SSSR count). The molecular formula is C18H21N3O2. The Hall–Kier alpha value is -2.40. The Labute approximate surface area is 135 Å². The van der Waals surface area contributed by atoms with Gasteiger partial charge in [-0.1, -0.05) is 12.1 Å². The van der Waals surface area contributed by atoms with Crippen LogP contribution in [0, 0.1) is 0 Å². The molecule has 1 unspecified atom stereocenters. The summed E-state index contributed by atoms with van der Waals surface area (Å²) in [6, 6.07) is 9.22. The van der Waals surface area contributed by atoms with Crippen LogP contribution in [0.5, 0.6) is 0 Å². The van der Waals surface area contributed by atoms with Gasteiger partial charge in [0.05, 0.1) is 11.3 Å². The van der Waals surface area contributed by atoms with Crippen molar-refractivity contribution in [1.82, 2.24) is 10.3 Å². The molecule has 0 saturated heterocycles. The molecule has 2 aromatic rings. The van der Waals surface area contributed by atoms with Crippen LogP contribution in [0.3, 0.4) is 0 Å². The second-order valence-corrected chi connectivity index (χ2v) is 6.12. The molecule has 0 amide bonds. The van der Waals surface area contributed by atoms with Gasteiger partial charge in [0.25, 0.3) is 0 Å². The molecule has 1 atom stereocenters. The maximum atomic E-state index is 11.1.